The van der Waals surface area contributed by atoms with Gasteiger partial charge in [-0.15, -0.1) is 0 Å². The van der Waals surface area contributed by atoms with E-state index in [0.29, 0.717) is 5.70 Å². The molecule has 1 saturated carbocycles. The zero-order valence-electron chi connectivity index (χ0n) is 21.4. The van der Waals surface area contributed by atoms with Crippen LogP contribution in [-0.2, 0) is 11.2 Å². The van der Waals surface area contributed by atoms with E-state index in [0.717, 1.165) is 63.9 Å². The van der Waals surface area contributed by atoms with Gasteiger partial charge in [0.25, 0.3) is 0 Å². The van der Waals surface area contributed by atoms with Crippen molar-refractivity contribution >= 4 is 33.9 Å². The molecule has 1 heterocycles. The monoisotopic (exact) mass is 488 g/mol. The number of anilines is 2. The molecule has 1 fully saturated rings. The van der Waals surface area contributed by atoms with Crippen LogP contribution >= 0.6 is 0 Å². The van der Waals surface area contributed by atoms with Gasteiger partial charge in [0, 0.05) is 39.9 Å². The van der Waals surface area contributed by atoms with Crippen molar-refractivity contribution < 1.29 is 4.79 Å². The number of nitrogens with one attached hydrogen (secondary N) is 2. The van der Waals surface area contributed by atoms with Crippen LogP contribution in [0.5, 0.6) is 0 Å². The Balaban J connectivity index is 1.28. The third-order valence-electron chi connectivity index (χ3n) is 7.24. The Kier molecular flexibility index (Phi) is 6.30. The molecule has 0 bridgehead atoms. The molecule has 0 aliphatic heterocycles. The van der Waals surface area contributed by atoms with Crippen molar-refractivity contribution in [2.75, 3.05) is 10.6 Å². The highest BCUT2D eigenvalue weighted by molar-refractivity contribution is 6.00. The number of aromatic nitrogens is 1. The molecule has 0 spiro atoms. The number of pyridine rings is 1. The number of nitrogens with two attached hydrogens (primary N) is 1. The third kappa shape index (κ3) is 4.98. The minimum atomic E-state index is -0.567. The normalized spacial score (nSPS) is 13.7. The van der Waals surface area contributed by atoms with Gasteiger partial charge in [-0.3, -0.25) is 9.78 Å². The summed E-state index contributed by atoms with van der Waals surface area (Å²) in [5.74, 6) is -0.0186. The van der Waals surface area contributed by atoms with Gasteiger partial charge in [0.15, 0.2) is 0 Å². The quantitative estimate of drug-likeness (QED) is 0.257. The fourth-order valence-corrected chi connectivity index (χ4v) is 4.75. The van der Waals surface area contributed by atoms with Gasteiger partial charge in [-0.1, -0.05) is 43.0 Å². The van der Waals surface area contributed by atoms with Crippen molar-refractivity contribution in [1.82, 2.24) is 4.98 Å². The fourth-order valence-electron chi connectivity index (χ4n) is 4.75. The highest BCUT2D eigenvalue weighted by atomic mass is 16.2. The molecular formula is C32H32N4O. The van der Waals surface area contributed by atoms with Crippen LogP contribution < -0.4 is 16.4 Å². The second kappa shape index (κ2) is 9.58. The number of hydrogen-bond acceptors (Lipinski definition) is 4. The maximum atomic E-state index is 13.2. The van der Waals surface area contributed by atoms with Gasteiger partial charge in [0.2, 0.25) is 5.91 Å². The summed E-state index contributed by atoms with van der Waals surface area (Å²) in [6.07, 6.45) is 4.17. The van der Waals surface area contributed by atoms with Crippen LogP contribution in [0.25, 0.3) is 16.6 Å². The molecule has 1 aliphatic carbocycles. The van der Waals surface area contributed by atoms with Gasteiger partial charge < -0.3 is 16.4 Å². The predicted molar refractivity (Wildman–Crippen MR) is 153 cm³/mol. The lowest BCUT2D eigenvalue weighted by atomic mass is 9.96. The summed E-state index contributed by atoms with van der Waals surface area (Å²) in [6.45, 7) is 12.2. The molecule has 1 amide bonds. The number of fused-ring (bicyclic) bond motifs is 1. The number of amides is 1. The third-order valence-corrected chi connectivity index (χ3v) is 7.24. The molecule has 4 aromatic rings. The molecule has 0 unspecified atom stereocenters. The van der Waals surface area contributed by atoms with E-state index in [4.69, 9.17) is 5.73 Å². The van der Waals surface area contributed by atoms with E-state index in [9.17, 15) is 4.79 Å². The molecule has 3 aromatic carbocycles. The van der Waals surface area contributed by atoms with Crippen molar-refractivity contribution in [2.24, 2.45) is 11.1 Å². The average molecular weight is 489 g/mol. The Hall–Kier alpha value is -4.38. The summed E-state index contributed by atoms with van der Waals surface area (Å²) in [5, 5.41) is 7.50. The smallest absolute Gasteiger partial charge is 0.236 e. The van der Waals surface area contributed by atoms with Gasteiger partial charge in [-0.25, -0.2) is 0 Å². The van der Waals surface area contributed by atoms with Gasteiger partial charge in [-0.2, -0.15) is 0 Å². The largest absolute Gasteiger partial charge is 0.399 e. The Morgan fingerprint density at radius 2 is 1.59 bits per heavy atom. The maximum absolute atomic E-state index is 13.2. The first kappa shape index (κ1) is 24.3. The minimum Gasteiger partial charge on any atom is -0.399 e. The second-order valence-corrected chi connectivity index (χ2v) is 10.1. The van der Waals surface area contributed by atoms with Crippen LogP contribution in [0.3, 0.4) is 0 Å². The highest BCUT2D eigenvalue weighted by Crippen LogP contribution is 2.52. The topological polar surface area (TPSA) is 80.0 Å². The van der Waals surface area contributed by atoms with E-state index in [-0.39, 0.29) is 5.91 Å². The number of nitrogens with zero attached hydrogens (tertiary/aromatic N) is 1. The molecule has 0 radical (unpaired) electrons. The van der Waals surface area contributed by atoms with E-state index in [1.807, 2.05) is 55.6 Å². The number of hydrogen-bond donors (Lipinski definition) is 3. The fraction of sp³-hybridized carbons (Fsp3) is 0.188. The zero-order valence-corrected chi connectivity index (χ0v) is 21.4. The Morgan fingerprint density at radius 3 is 2.24 bits per heavy atom. The van der Waals surface area contributed by atoms with Crippen molar-refractivity contribution in [3.8, 4) is 0 Å². The summed E-state index contributed by atoms with van der Waals surface area (Å²) in [4.78, 5) is 17.7. The van der Waals surface area contributed by atoms with Crippen LogP contribution in [-0.4, -0.2) is 10.9 Å². The number of carbonyl (C=O) groups is 1. The first-order valence-electron chi connectivity index (χ1n) is 12.5. The maximum Gasteiger partial charge on any atom is 0.236 e. The van der Waals surface area contributed by atoms with Crippen molar-refractivity contribution in [1.29, 1.82) is 0 Å². The van der Waals surface area contributed by atoms with Crippen LogP contribution in [0.1, 0.15) is 40.7 Å². The van der Waals surface area contributed by atoms with Gasteiger partial charge in [-0.05, 0) is 92.3 Å². The van der Waals surface area contributed by atoms with Gasteiger partial charge in [0.05, 0.1) is 10.9 Å². The van der Waals surface area contributed by atoms with E-state index in [1.54, 1.807) is 0 Å². The molecule has 5 nitrogen and oxygen atoms in total. The molecular weight excluding hydrogens is 456 g/mol. The number of aryl methyl sites for hydroxylation is 2. The highest BCUT2D eigenvalue weighted by Gasteiger charge is 2.52. The van der Waals surface area contributed by atoms with Crippen LogP contribution in [0.15, 0.2) is 91.8 Å². The second-order valence-electron chi connectivity index (χ2n) is 10.1. The van der Waals surface area contributed by atoms with Gasteiger partial charge in [0.1, 0.15) is 0 Å². The Bertz CT molecular complexity index is 1510. The number of carbonyl (C=O) groups excluding carboxylic acids is 1. The average Bonchev–Trinajstić information content (AvgIpc) is 3.69. The minimum absolute atomic E-state index is 0.0186. The summed E-state index contributed by atoms with van der Waals surface area (Å²) >= 11 is 0. The standard InChI is InChI=1S/C32H32N4O/c1-20-5-9-26(10-6-20)35-23(4)32(14-15-32)31(37)36-27-11-7-24(8-12-27)18-25-13-16-34-30-17-21(2)28(22(3)33)19-29(25)30/h5-13,16-17,19,35H,3-4,14-15,18,33H2,1-2H3,(H,36,37). The van der Waals surface area contributed by atoms with Crippen molar-refractivity contribution in [2.45, 2.75) is 33.1 Å². The SMILES string of the molecule is C=C(N)c1cc2c(Cc3ccc(NC(=O)C4(C(=C)Nc5ccc(C)cc5)CC4)cc3)ccnc2cc1C. The summed E-state index contributed by atoms with van der Waals surface area (Å²) in [7, 11) is 0. The van der Waals surface area contributed by atoms with E-state index >= 15 is 0 Å². The van der Waals surface area contributed by atoms with Crippen LogP contribution in [0.2, 0.25) is 0 Å². The molecule has 37 heavy (non-hydrogen) atoms. The van der Waals surface area contributed by atoms with Gasteiger partial charge >= 0.3 is 0 Å². The molecule has 186 valence electrons. The van der Waals surface area contributed by atoms with Crippen LogP contribution in [0, 0.1) is 19.3 Å². The number of rotatable bonds is 8. The molecule has 0 saturated heterocycles. The molecule has 1 aliphatic rings. The molecule has 5 rings (SSSR count). The Morgan fingerprint density at radius 1 is 0.946 bits per heavy atom. The summed E-state index contributed by atoms with van der Waals surface area (Å²) in [5.41, 5.74) is 14.9. The molecule has 5 heteroatoms. The van der Waals surface area contributed by atoms with E-state index < -0.39 is 5.41 Å². The lowest BCUT2D eigenvalue weighted by Gasteiger charge is -2.20. The Labute approximate surface area is 218 Å². The first-order valence-corrected chi connectivity index (χ1v) is 12.5. The van der Waals surface area contributed by atoms with E-state index in [2.05, 4.69) is 60.0 Å². The van der Waals surface area contributed by atoms with Crippen molar-refractivity contribution in [3.05, 3.63) is 120 Å². The van der Waals surface area contributed by atoms with Crippen LogP contribution in [0.4, 0.5) is 11.4 Å². The van der Waals surface area contributed by atoms with E-state index in [1.165, 1.54) is 11.1 Å². The molecule has 4 N–H and O–H groups in total. The zero-order chi connectivity index (χ0) is 26.2. The summed E-state index contributed by atoms with van der Waals surface area (Å²) in [6, 6.07) is 22.3. The molecule has 0 atom stereocenters. The predicted octanol–water partition coefficient (Wildman–Crippen LogP) is 6.72. The molecule has 1 aromatic heterocycles. The first-order chi connectivity index (χ1) is 17.7. The van der Waals surface area contributed by atoms with Crippen molar-refractivity contribution in [3.63, 3.8) is 0 Å². The lowest BCUT2D eigenvalue weighted by molar-refractivity contribution is -0.119. The lowest BCUT2D eigenvalue weighted by Crippen LogP contribution is -2.28. The summed E-state index contributed by atoms with van der Waals surface area (Å²) < 4.78 is 0. The number of benzene rings is 3.